The second-order valence-corrected chi connectivity index (χ2v) is 4.23. The van der Waals surface area contributed by atoms with Gasteiger partial charge in [0.2, 0.25) is 11.5 Å². The van der Waals surface area contributed by atoms with Gasteiger partial charge in [0.25, 0.3) is 0 Å². The van der Waals surface area contributed by atoms with Gasteiger partial charge >= 0.3 is 0 Å². The molecule has 0 aromatic rings. The second kappa shape index (κ2) is 4.10. The molecule has 3 heteroatoms. The van der Waals surface area contributed by atoms with Crippen molar-refractivity contribution in [2.24, 2.45) is 5.92 Å². The van der Waals surface area contributed by atoms with Gasteiger partial charge in [-0.25, -0.2) is 4.39 Å². The standard InChI is InChI=1S/C11H17FO2/c1-8(2)11(12,10(4,5)14)7-6-9(3)13/h8,14H,1-5H3. The van der Waals surface area contributed by atoms with Gasteiger partial charge in [0.05, 0.1) is 0 Å². The molecule has 0 aliphatic rings. The average molecular weight is 200 g/mol. The van der Waals surface area contributed by atoms with E-state index >= 15 is 0 Å². The fraction of sp³-hybridized carbons (Fsp3) is 0.727. The highest BCUT2D eigenvalue weighted by atomic mass is 19.1. The van der Waals surface area contributed by atoms with Gasteiger partial charge in [0, 0.05) is 12.8 Å². The van der Waals surface area contributed by atoms with Crippen LogP contribution in [0.15, 0.2) is 0 Å². The molecular weight excluding hydrogens is 183 g/mol. The number of carbonyl (C=O) groups excluding carboxylic acids is 1. The molecule has 14 heavy (non-hydrogen) atoms. The van der Waals surface area contributed by atoms with Gasteiger partial charge < -0.3 is 5.11 Å². The molecule has 0 aliphatic heterocycles. The maximum Gasteiger partial charge on any atom is 0.202 e. The Kier molecular flexibility index (Phi) is 3.84. The van der Waals surface area contributed by atoms with Gasteiger partial charge in [0.1, 0.15) is 5.60 Å². The minimum absolute atomic E-state index is 0.406. The lowest BCUT2D eigenvalue weighted by molar-refractivity contribution is -0.112. The largest absolute Gasteiger partial charge is 0.386 e. The van der Waals surface area contributed by atoms with Gasteiger partial charge in [-0.05, 0) is 19.8 Å². The number of rotatable bonds is 2. The van der Waals surface area contributed by atoms with E-state index in [1.807, 2.05) is 0 Å². The van der Waals surface area contributed by atoms with Crippen molar-refractivity contribution in [3.63, 3.8) is 0 Å². The van der Waals surface area contributed by atoms with Crippen molar-refractivity contribution in [2.45, 2.75) is 45.9 Å². The summed E-state index contributed by atoms with van der Waals surface area (Å²) in [4.78, 5) is 10.6. The van der Waals surface area contributed by atoms with Crippen molar-refractivity contribution in [1.82, 2.24) is 0 Å². The van der Waals surface area contributed by atoms with Crippen LogP contribution in [-0.2, 0) is 4.79 Å². The Morgan fingerprint density at radius 1 is 1.43 bits per heavy atom. The molecule has 0 aliphatic carbocycles. The number of aliphatic hydroxyl groups is 1. The molecule has 80 valence electrons. The van der Waals surface area contributed by atoms with E-state index in [-0.39, 0.29) is 0 Å². The maximum atomic E-state index is 14.2. The van der Waals surface area contributed by atoms with E-state index in [1.165, 1.54) is 20.8 Å². The first kappa shape index (κ1) is 13.1. The minimum atomic E-state index is -2.06. The third-order valence-electron chi connectivity index (χ3n) is 2.11. The maximum absolute atomic E-state index is 14.2. The second-order valence-electron chi connectivity index (χ2n) is 4.23. The summed E-state index contributed by atoms with van der Waals surface area (Å²) < 4.78 is 14.2. The monoisotopic (exact) mass is 200 g/mol. The van der Waals surface area contributed by atoms with E-state index in [2.05, 4.69) is 11.8 Å². The normalized spacial score (nSPS) is 15.7. The van der Waals surface area contributed by atoms with Crippen molar-refractivity contribution in [1.29, 1.82) is 0 Å². The van der Waals surface area contributed by atoms with E-state index in [1.54, 1.807) is 13.8 Å². The third kappa shape index (κ3) is 2.81. The number of alkyl halides is 1. The van der Waals surface area contributed by atoms with Crippen molar-refractivity contribution < 1.29 is 14.3 Å². The summed E-state index contributed by atoms with van der Waals surface area (Å²) in [6.07, 6.45) is 0. The Balaban J connectivity index is 5.17. The minimum Gasteiger partial charge on any atom is -0.386 e. The van der Waals surface area contributed by atoms with Crippen LogP contribution in [0.25, 0.3) is 0 Å². The molecule has 0 heterocycles. The summed E-state index contributed by atoms with van der Waals surface area (Å²) in [5.74, 6) is 3.49. The highest BCUT2D eigenvalue weighted by molar-refractivity contribution is 5.93. The number of ketones is 1. The molecule has 0 spiro atoms. The van der Waals surface area contributed by atoms with Crippen LogP contribution in [0.3, 0.4) is 0 Å². The zero-order valence-corrected chi connectivity index (χ0v) is 9.31. The topological polar surface area (TPSA) is 37.3 Å². The molecule has 0 saturated heterocycles. The summed E-state index contributed by atoms with van der Waals surface area (Å²) >= 11 is 0. The summed E-state index contributed by atoms with van der Waals surface area (Å²) in [5, 5.41) is 9.63. The van der Waals surface area contributed by atoms with Gasteiger partial charge in [-0.15, -0.1) is 0 Å². The lowest BCUT2D eigenvalue weighted by atomic mass is 9.79. The quantitative estimate of drug-likeness (QED) is 0.544. The summed E-state index contributed by atoms with van der Waals surface area (Å²) in [5.41, 5.74) is -3.64. The number of hydrogen-bond acceptors (Lipinski definition) is 2. The van der Waals surface area contributed by atoms with Crippen LogP contribution in [0.5, 0.6) is 0 Å². The van der Waals surface area contributed by atoms with Crippen LogP contribution in [0, 0.1) is 17.8 Å². The van der Waals surface area contributed by atoms with Gasteiger partial charge in [-0.3, -0.25) is 4.79 Å². The molecule has 2 nitrogen and oxygen atoms in total. The molecule has 1 atom stereocenters. The molecule has 0 radical (unpaired) electrons. The summed E-state index contributed by atoms with van der Waals surface area (Å²) in [6.45, 7) is 7.20. The fourth-order valence-electron chi connectivity index (χ4n) is 1.18. The molecule has 0 bridgehead atoms. The number of carbonyl (C=O) groups is 1. The first-order valence-electron chi connectivity index (χ1n) is 4.56. The first-order chi connectivity index (χ1) is 6.11. The van der Waals surface area contributed by atoms with E-state index in [0.29, 0.717) is 0 Å². The van der Waals surface area contributed by atoms with Crippen LogP contribution >= 0.6 is 0 Å². The van der Waals surface area contributed by atoms with E-state index in [9.17, 15) is 14.3 Å². The lowest BCUT2D eigenvalue weighted by Crippen LogP contribution is -2.49. The van der Waals surface area contributed by atoms with Crippen molar-refractivity contribution >= 4 is 5.78 Å². The molecule has 1 unspecified atom stereocenters. The van der Waals surface area contributed by atoms with Crippen LogP contribution in [0.2, 0.25) is 0 Å². The number of halogens is 1. The zero-order valence-electron chi connectivity index (χ0n) is 9.31. The smallest absolute Gasteiger partial charge is 0.202 e. The molecule has 0 amide bonds. The van der Waals surface area contributed by atoms with Crippen molar-refractivity contribution in [3.8, 4) is 11.8 Å². The number of Topliss-reactive ketones (excluding diaryl/α,β-unsaturated/α-hetero) is 1. The van der Waals surface area contributed by atoms with Gasteiger partial charge in [0.15, 0.2) is 0 Å². The Bertz CT molecular complexity index is 278. The van der Waals surface area contributed by atoms with Gasteiger partial charge in [-0.1, -0.05) is 19.8 Å². The molecule has 0 saturated carbocycles. The molecule has 0 rings (SSSR count). The number of hydrogen-bond donors (Lipinski definition) is 1. The zero-order chi connectivity index (χ0) is 11.6. The highest BCUT2D eigenvalue weighted by Crippen LogP contribution is 2.33. The van der Waals surface area contributed by atoms with E-state index in [4.69, 9.17) is 0 Å². The molecule has 0 aromatic heterocycles. The SMILES string of the molecule is CC(=O)C#CC(F)(C(C)C)C(C)(C)O. The predicted molar refractivity (Wildman–Crippen MR) is 53.4 cm³/mol. The Morgan fingerprint density at radius 2 is 1.86 bits per heavy atom. The lowest BCUT2D eigenvalue weighted by Gasteiger charge is -2.35. The van der Waals surface area contributed by atoms with Crippen LogP contribution in [0.1, 0.15) is 34.6 Å². The van der Waals surface area contributed by atoms with Gasteiger partial charge in [-0.2, -0.15) is 0 Å². The third-order valence-corrected chi connectivity index (χ3v) is 2.11. The average Bonchev–Trinajstić information content (AvgIpc) is 1.97. The summed E-state index contributed by atoms with van der Waals surface area (Å²) in [6, 6.07) is 0. The van der Waals surface area contributed by atoms with Crippen molar-refractivity contribution in [2.75, 3.05) is 0 Å². The summed E-state index contributed by atoms with van der Waals surface area (Å²) in [7, 11) is 0. The molecular formula is C11H17FO2. The Morgan fingerprint density at radius 3 is 2.07 bits per heavy atom. The van der Waals surface area contributed by atoms with E-state index < -0.39 is 23.0 Å². The van der Waals surface area contributed by atoms with Crippen LogP contribution < -0.4 is 0 Å². The first-order valence-corrected chi connectivity index (χ1v) is 4.56. The van der Waals surface area contributed by atoms with Crippen LogP contribution in [0.4, 0.5) is 4.39 Å². The van der Waals surface area contributed by atoms with Crippen molar-refractivity contribution in [3.05, 3.63) is 0 Å². The Hall–Kier alpha value is -0.880. The molecule has 0 aromatic carbocycles. The molecule has 0 fully saturated rings. The van der Waals surface area contributed by atoms with E-state index in [0.717, 1.165) is 0 Å². The fourth-order valence-corrected chi connectivity index (χ4v) is 1.18. The predicted octanol–water partition coefficient (Wildman–Crippen LogP) is 1.71. The van der Waals surface area contributed by atoms with Crippen LogP contribution in [-0.4, -0.2) is 22.2 Å². The highest BCUT2D eigenvalue weighted by Gasteiger charge is 2.46. The Labute approximate surface area is 84.5 Å². The molecule has 1 N–H and O–H groups in total.